The molecule has 0 saturated carbocycles. The van der Waals surface area contributed by atoms with Gasteiger partial charge >= 0.3 is 8.80 Å². The molecule has 0 aliphatic carbocycles. The molecule has 0 radical (unpaired) electrons. The Labute approximate surface area is 111 Å². The molecule has 7 heteroatoms. The molecule has 0 atom stereocenters. The second-order valence-corrected chi connectivity index (χ2v) is 6.50. The number of nitrogens with zero attached hydrogens (tertiary/aromatic N) is 1. The van der Waals surface area contributed by atoms with Gasteiger partial charge in [0.25, 0.3) is 0 Å². The zero-order valence-electron chi connectivity index (χ0n) is 11.7. The predicted octanol–water partition coefficient (Wildman–Crippen LogP) is 0.411. The minimum Gasteiger partial charge on any atom is -0.379 e. The summed E-state index contributed by atoms with van der Waals surface area (Å²) in [6.07, 6.45) is 0.614. The van der Waals surface area contributed by atoms with Crippen LogP contribution in [0, 0.1) is 0 Å². The van der Waals surface area contributed by atoms with E-state index in [2.05, 4.69) is 10.4 Å². The highest BCUT2D eigenvalue weighted by Gasteiger charge is 2.40. The molecule has 1 aliphatic rings. The summed E-state index contributed by atoms with van der Waals surface area (Å²) in [4.78, 5) is 0. The van der Waals surface area contributed by atoms with Gasteiger partial charge in [-0.3, -0.25) is 5.43 Å². The third-order valence-electron chi connectivity index (χ3n) is 2.62. The lowest BCUT2D eigenvalue weighted by Gasteiger charge is -2.33. The lowest BCUT2D eigenvalue weighted by Crippen LogP contribution is -2.59. The Kier molecular flexibility index (Phi) is 7.99. The molecule has 0 bridgehead atoms. The van der Waals surface area contributed by atoms with Crippen molar-refractivity contribution in [2.45, 2.75) is 20.8 Å². The van der Waals surface area contributed by atoms with E-state index in [9.17, 15) is 0 Å². The summed E-state index contributed by atoms with van der Waals surface area (Å²) >= 11 is 0. The molecule has 0 aromatic carbocycles. The van der Waals surface area contributed by atoms with E-state index in [1.54, 1.807) is 0 Å². The van der Waals surface area contributed by atoms with Gasteiger partial charge in [0.2, 0.25) is 0 Å². The van der Waals surface area contributed by atoms with Crippen molar-refractivity contribution < 1.29 is 18.0 Å². The quantitative estimate of drug-likeness (QED) is 0.617. The molecule has 1 aliphatic heterocycles. The van der Waals surface area contributed by atoms with E-state index in [1.807, 2.05) is 20.8 Å². The molecule has 18 heavy (non-hydrogen) atoms. The van der Waals surface area contributed by atoms with Gasteiger partial charge in [-0.25, -0.2) is 5.01 Å². The Hall–Kier alpha value is -0.0231. The molecule has 6 nitrogen and oxygen atoms in total. The molecule has 0 amide bonds. The summed E-state index contributed by atoms with van der Waals surface area (Å²) in [7, 11) is -2.57. The van der Waals surface area contributed by atoms with Gasteiger partial charge in [-0.15, -0.1) is 0 Å². The monoisotopic (exact) mass is 278 g/mol. The summed E-state index contributed by atoms with van der Waals surface area (Å²) in [5.41, 5.74) is 3.36. The second-order valence-electron chi connectivity index (χ2n) is 3.92. The van der Waals surface area contributed by atoms with Crippen LogP contribution in [0.25, 0.3) is 0 Å². The Morgan fingerprint density at radius 3 is 1.94 bits per heavy atom. The summed E-state index contributed by atoms with van der Waals surface area (Å²) in [6.45, 7) is 11.0. The molecule has 0 unspecified atom stereocenters. The van der Waals surface area contributed by atoms with Crippen molar-refractivity contribution in [3.63, 3.8) is 0 Å². The van der Waals surface area contributed by atoms with Gasteiger partial charge in [0.15, 0.2) is 0 Å². The molecule has 0 spiro atoms. The van der Waals surface area contributed by atoms with E-state index in [-0.39, 0.29) is 0 Å². The lowest BCUT2D eigenvalue weighted by molar-refractivity contribution is 0.00561. The van der Waals surface area contributed by atoms with E-state index >= 15 is 0 Å². The number of ether oxygens (including phenoxy) is 1. The predicted molar refractivity (Wildman–Crippen MR) is 71.0 cm³/mol. The van der Waals surface area contributed by atoms with Gasteiger partial charge in [0.05, 0.1) is 19.4 Å². The van der Waals surface area contributed by atoms with Crippen LogP contribution < -0.4 is 5.43 Å². The van der Waals surface area contributed by atoms with Crippen molar-refractivity contribution in [3.8, 4) is 0 Å². The van der Waals surface area contributed by atoms with Gasteiger partial charge < -0.3 is 18.0 Å². The van der Waals surface area contributed by atoms with E-state index in [0.29, 0.717) is 26.0 Å². The fourth-order valence-corrected chi connectivity index (χ4v) is 4.16. The molecule has 0 aromatic heterocycles. The first-order valence-corrected chi connectivity index (χ1v) is 8.67. The first-order valence-electron chi connectivity index (χ1n) is 6.74. The van der Waals surface area contributed by atoms with Crippen molar-refractivity contribution >= 4 is 8.80 Å². The van der Waals surface area contributed by atoms with Gasteiger partial charge in [-0.1, -0.05) is 0 Å². The smallest absolute Gasteiger partial charge is 0.379 e. The van der Waals surface area contributed by atoms with E-state index < -0.39 is 8.80 Å². The van der Waals surface area contributed by atoms with Crippen molar-refractivity contribution in [1.29, 1.82) is 0 Å². The van der Waals surface area contributed by atoms with E-state index in [4.69, 9.17) is 18.0 Å². The Morgan fingerprint density at radius 2 is 1.50 bits per heavy atom. The van der Waals surface area contributed by atoms with Crippen LogP contribution in [0.15, 0.2) is 0 Å². The fraction of sp³-hybridized carbons (Fsp3) is 1.00. The largest absolute Gasteiger partial charge is 0.516 e. The molecule has 1 fully saturated rings. The summed E-state index contributed by atoms with van der Waals surface area (Å²) in [5, 5.41) is 2.14. The topological polar surface area (TPSA) is 52.2 Å². The van der Waals surface area contributed by atoms with Gasteiger partial charge in [0, 0.05) is 32.9 Å². The summed E-state index contributed by atoms with van der Waals surface area (Å²) in [6, 6.07) is 0. The average molecular weight is 278 g/mol. The van der Waals surface area contributed by atoms with Crippen molar-refractivity contribution in [2.75, 3.05) is 52.3 Å². The molecule has 1 N–H and O–H groups in total. The average Bonchev–Trinajstić information content (AvgIpc) is 2.39. The molecule has 1 rings (SSSR count). The number of hydrazine groups is 1. The maximum atomic E-state index is 5.78. The zero-order chi connectivity index (χ0) is 13.3. The first-order chi connectivity index (χ1) is 8.76. The fourth-order valence-electron chi connectivity index (χ4n) is 1.87. The number of hydrogen-bond donors (Lipinski definition) is 1. The third-order valence-corrected chi connectivity index (χ3v) is 5.40. The van der Waals surface area contributed by atoms with Gasteiger partial charge in [-0.05, 0) is 20.8 Å². The number of hydrogen-bond acceptors (Lipinski definition) is 6. The van der Waals surface area contributed by atoms with E-state index in [0.717, 1.165) is 26.3 Å². The van der Waals surface area contributed by atoms with E-state index in [1.165, 1.54) is 0 Å². The summed E-state index contributed by atoms with van der Waals surface area (Å²) < 4.78 is 22.6. The van der Waals surface area contributed by atoms with Crippen molar-refractivity contribution in [2.24, 2.45) is 0 Å². The first kappa shape index (κ1) is 16.0. The minimum atomic E-state index is -2.57. The van der Waals surface area contributed by atoms with Crippen LogP contribution in [0.2, 0.25) is 0 Å². The summed E-state index contributed by atoms with van der Waals surface area (Å²) in [5.74, 6) is 0. The Bertz CT molecular complexity index is 198. The van der Waals surface area contributed by atoms with Crippen molar-refractivity contribution in [3.05, 3.63) is 0 Å². The maximum absolute atomic E-state index is 5.78. The standard InChI is InChI=1S/C11H26N2O4Si/c1-4-15-18(16-5-2,17-6-3)11-12-13-7-9-14-10-8-13/h12H,4-11H2,1-3H3. The van der Waals surface area contributed by atoms with Gasteiger partial charge in [0.1, 0.15) is 0 Å². The minimum absolute atomic E-state index is 0.608. The Balaban J connectivity index is 2.46. The highest BCUT2D eigenvalue weighted by atomic mass is 28.4. The van der Waals surface area contributed by atoms with Crippen LogP contribution >= 0.6 is 0 Å². The molecule has 1 saturated heterocycles. The number of rotatable bonds is 9. The van der Waals surface area contributed by atoms with Crippen LogP contribution in [0.5, 0.6) is 0 Å². The van der Waals surface area contributed by atoms with Crippen LogP contribution in [-0.2, 0) is 18.0 Å². The lowest BCUT2D eigenvalue weighted by atomic mass is 10.5. The highest BCUT2D eigenvalue weighted by molar-refractivity contribution is 6.60. The van der Waals surface area contributed by atoms with Crippen LogP contribution in [-0.4, -0.2) is 66.1 Å². The second kappa shape index (κ2) is 8.97. The van der Waals surface area contributed by atoms with Crippen LogP contribution in [0.4, 0.5) is 0 Å². The molecular formula is C11H26N2O4Si. The Morgan fingerprint density at radius 1 is 1.00 bits per heavy atom. The van der Waals surface area contributed by atoms with Crippen LogP contribution in [0.3, 0.4) is 0 Å². The molecular weight excluding hydrogens is 252 g/mol. The maximum Gasteiger partial charge on any atom is 0.516 e. The third kappa shape index (κ3) is 5.31. The molecule has 0 aromatic rings. The molecule has 1 heterocycles. The van der Waals surface area contributed by atoms with Gasteiger partial charge in [-0.2, -0.15) is 0 Å². The molecule has 108 valence electrons. The highest BCUT2D eigenvalue weighted by Crippen LogP contribution is 2.09. The van der Waals surface area contributed by atoms with Crippen molar-refractivity contribution in [1.82, 2.24) is 10.4 Å². The zero-order valence-corrected chi connectivity index (χ0v) is 12.7. The number of morpholine rings is 1. The van der Waals surface area contributed by atoms with Crippen LogP contribution in [0.1, 0.15) is 20.8 Å². The SMILES string of the molecule is CCO[Si](CNN1CCOCC1)(OCC)OCC. The number of nitrogens with one attached hydrogen (secondary N) is 1. The normalized spacial score (nSPS) is 18.2.